The van der Waals surface area contributed by atoms with Gasteiger partial charge < -0.3 is 9.16 Å². The Kier molecular flexibility index (Phi) is 4.79. The highest BCUT2D eigenvalue weighted by molar-refractivity contribution is 6.74. The second-order valence-electron chi connectivity index (χ2n) is 6.09. The van der Waals surface area contributed by atoms with Gasteiger partial charge in [0, 0.05) is 0 Å². The fourth-order valence-electron chi connectivity index (χ4n) is 1.41. The minimum atomic E-state index is -1.99. The van der Waals surface area contributed by atoms with Gasteiger partial charge in [0.05, 0.1) is 12.2 Å². The normalized spacial score (nSPS) is 12.1. The van der Waals surface area contributed by atoms with E-state index < -0.39 is 8.32 Å². The Hall–Kier alpha value is -1.29. The molecule has 0 aromatic heterocycles. The molecule has 0 amide bonds. The van der Waals surface area contributed by atoms with E-state index in [2.05, 4.69) is 33.9 Å². The van der Waals surface area contributed by atoms with Crippen molar-refractivity contribution in [3.8, 4) is 11.5 Å². The zero-order chi connectivity index (χ0) is 14.7. The van der Waals surface area contributed by atoms with E-state index >= 15 is 0 Å². The SMILES string of the molecule is CCOc1cccc(C=O)c1O[Si](C)(C)C(C)(C)C. The molecule has 0 aliphatic heterocycles. The summed E-state index contributed by atoms with van der Waals surface area (Å²) in [5.41, 5.74) is 0.552. The summed E-state index contributed by atoms with van der Waals surface area (Å²) in [4.78, 5) is 11.2. The van der Waals surface area contributed by atoms with Gasteiger partial charge in [-0.25, -0.2) is 0 Å². The molecule has 0 saturated carbocycles. The number of benzene rings is 1. The maximum atomic E-state index is 11.2. The van der Waals surface area contributed by atoms with Crippen molar-refractivity contribution in [3.05, 3.63) is 23.8 Å². The molecule has 0 unspecified atom stereocenters. The molecule has 0 radical (unpaired) electrons. The van der Waals surface area contributed by atoms with Gasteiger partial charge in [-0.05, 0) is 37.2 Å². The van der Waals surface area contributed by atoms with Gasteiger partial charge >= 0.3 is 0 Å². The van der Waals surface area contributed by atoms with Crippen molar-refractivity contribution >= 4 is 14.6 Å². The first kappa shape index (κ1) is 15.8. The highest BCUT2D eigenvalue weighted by Crippen LogP contribution is 2.41. The fraction of sp³-hybridized carbons (Fsp3) is 0.533. The van der Waals surface area contributed by atoms with Crippen LogP contribution in [0.4, 0.5) is 0 Å². The van der Waals surface area contributed by atoms with E-state index in [0.29, 0.717) is 23.7 Å². The van der Waals surface area contributed by atoms with E-state index in [1.54, 1.807) is 6.07 Å². The molecule has 4 heteroatoms. The predicted octanol–water partition coefficient (Wildman–Crippen LogP) is 4.28. The summed E-state index contributed by atoms with van der Waals surface area (Å²) in [7, 11) is -1.99. The molecule has 0 aliphatic rings. The summed E-state index contributed by atoms with van der Waals surface area (Å²) < 4.78 is 11.8. The van der Waals surface area contributed by atoms with Crippen LogP contribution in [0.1, 0.15) is 38.1 Å². The third-order valence-corrected chi connectivity index (χ3v) is 7.93. The van der Waals surface area contributed by atoms with Crippen LogP contribution in [0.25, 0.3) is 0 Å². The zero-order valence-corrected chi connectivity index (χ0v) is 13.7. The molecule has 0 fully saturated rings. The number of aldehydes is 1. The fourth-order valence-corrected chi connectivity index (χ4v) is 2.45. The third kappa shape index (κ3) is 3.59. The lowest BCUT2D eigenvalue weighted by Gasteiger charge is -2.37. The molecule has 0 N–H and O–H groups in total. The maximum absolute atomic E-state index is 11.2. The van der Waals surface area contributed by atoms with Crippen LogP contribution in [-0.4, -0.2) is 21.2 Å². The Bertz CT molecular complexity index is 447. The number of rotatable bonds is 5. The number of carbonyl (C=O) groups excluding carboxylic acids is 1. The Morgan fingerprint density at radius 1 is 1.26 bits per heavy atom. The molecule has 0 spiro atoms. The summed E-state index contributed by atoms with van der Waals surface area (Å²) in [5.74, 6) is 1.24. The van der Waals surface area contributed by atoms with Crippen molar-refractivity contribution in [2.75, 3.05) is 6.61 Å². The second-order valence-corrected chi connectivity index (χ2v) is 10.8. The lowest BCUT2D eigenvalue weighted by Crippen LogP contribution is -2.44. The van der Waals surface area contributed by atoms with Gasteiger partial charge in [0.15, 0.2) is 17.8 Å². The molecular formula is C15H24O3Si. The van der Waals surface area contributed by atoms with Crippen molar-refractivity contribution in [2.24, 2.45) is 0 Å². The number of hydrogen-bond acceptors (Lipinski definition) is 3. The number of carbonyl (C=O) groups is 1. The van der Waals surface area contributed by atoms with Crippen LogP contribution < -0.4 is 9.16 Å². The van der Waals surface area contributed by atoms with Gasteiger partial charge in [-0.3, -0.25) is 4.79 Å². The molecule has 0 heterocycles. The topological polar surface area (TPSA) is 35.5 Å². The van der Waals surface area contributed by atoms with Crippen LogP contribution in [0, 0.1) is 0 Å². The first-order valence-corrected chi connectivity index (χ1v) is 9.53. The van der Waals surface area contributed by atoms with Gasteiger partial charge in [-0.15, -0.1) is 0 Å². The minimum Gasteiger partial charge on any atom is -0.541 e. The smallest absolute Gasteiger partial charge is 0.250 e. The summed E-state index contributed by atoms with van der Waals surface area (Å²) in [6.07, 6.45) is 0.824. The Labute approximate surface area is 117 Å². The van der Waals surface area contributed by atoms with E-state index in [1.165, 1.54) is 0 Å². The van der Waals surface area contributed by atoms with E-state index in [1.807, 2.05) is 19.1 Å². The van der Waals surface area contributed by atoms with Crippen molar-refractivity contribution in [1.29, 1.82) is 0 Å². The Morgan fingerprint density at radius 2 is 1.89 bits per heavy atom. The molecule has 0 bridgehead atoms. The summed E-state index contributed by atoms with van der Waals surface area (Å²) in [6, 6.07) is 5.42. The molecule has 1 aromatic rings. The molecule has 106 valence electrons. The van der Waals surface area contributed by atoms with Crippen LogP contribution in [0.5, 0.6) is 11.5 Å². The maximum Gasteiger partial charge on any atom is 0.250 e. The molecule has 0 saturated heterocycles. The minimum absolute atomic E-state index is 0.0759. The van der Waals surface area contributed by atoms with Crippen LogP contribution in [0.2, 0.25) is 18.1 Å². The monoisotopic (exact) mass is 280 g/mol. The van der Waals surface area contributed by atoms with Gasteiger partial charge in [-0.2, -0.15) is 0 Å². The first-order chi connectivity index (χ1) is 8.73. The number of ether oxygens (including phenoxy) is 1. The zero-order valence-electron chi connectivity index (χ0n) is 12.7. The van der Waals surface area contributed by atoms with Crippen molar-refractivity contribution < 1.29 is 14.0 Å². The van der Waals surface area contributed by atoms with E-state index in [-0.39, 0.29) is 5.04 Å². The van der Waals surface area contributed by atoms with Gasteiger partial charge in [0.25, 0.3) is 8.32 Å². The van der Waals surface area contributed by atoms with Crippen LogP contribution >= 0.6 is 0 Å². The predicted molar refractivity (Wildman–Crippen MR) is 80.8 cm³/mol. The summed E-state index contributed by atoms with van der Waals surface area (Å²) in [6.45, 7) is 13.3. The highest BCUT2D eigenvalue weighted by atomic mass is 28.4. The lowest BCUT2D eigenvalue weighted by atomic mass is 10.2. The van der Waals surface area contributed by atoms with Gasteiger partial charge in [0.1, 0.15) is 0 Å². The van der Waals surface area contributed by atoms with E-state index in [0.717, 1.165) is 6.29 Å². The average molecular weight is 280 g/mol. The Balaban J connectivity index is 3.21. The quantitative estimate of drug-likeness (QED) is 0.596. The molecular weight excluding hydrogens is 256 g/mol. The van der Waals surface area contributed by atoms with Crippen LogP contribution in [0.15, 0.2) is 18.2 Å². The summed E-state index contributed by atoms with van der Waals surface area (Å²) >= 11 is 0. The lowest BCUT2D eigenvalue weighted by molar-refractivity contribution is 0.112. The highest BCUT2D eigenvalue weighted by Gasteiger charge is 2.40. The standard InChI is InChI=1S/C15H24O3Si/c1-7-17-13-10-8-9-12(11-16)14(13)18-19(5,6)15(2,3)4/h8-11H,7H2,1-6H3. The van der Waals surface area contributed by atoms with Crippen molar-refractivity contribution in [3.63, 3.8) is 0 Å². The molecule has 19 heavy (non-hydrogen) atoms. The molecule has 1 aromatic carbocycles. The number of para-hydroxylation sites is 1. The Morgan fingerprint density at radius 3 is 2.37 bits per heavy atom. The van der Waals surface area contributed by atoms with Crippen LogP contribution in [-0.2, 0) is 0 Å². The number of hydrogen-bond donors (Lipinski definition) is 0. The molecule has 0 atom stereocenters. The van der Waals surface area contributed by atoms with Gasteiger partial charge in [-0.1, -0.05) is 26.8 Å². The van der Waals surface area contributed by atoms with Gasteiger partial charge in [0.2, 0.25) is 0 Å². The van der Waals surface area contributed by atoms with E-state index in [4.69, 9.17) is 9.16 Å². The average Bonchev–Trinajstić information content (AvgIpc) is 2.30. The largest absolute Gasteiger partial charge is 0.541 e. The van der Waals surface area contributed by atoms with Crippen LogP contribution in [0.3, 0.4) is 0 Å². The van der Waals surface area contributed by atoms with Crippen molar-refractivity contribution in [1.82, 2.24) is 0 Å². The molecule has 1 rings (SSSR count). The summed E-state index contributed by atoms with van der Waals surface area (Å²) in [5, 5.41) is 0.0759. The first-order valence-electron chi connectivity index (χ1n) is 6.63. The second kappa shape index (κ2) is 5.78. The molecule has 3 nitrogen and oxygen atoms in total. The molecule has 0 aliphatic carbocycles. The third-order valence-electron chi connectivity index (χ3n) is 3.60. The van der Waals surface area contributed by atoms with E-state index in [9.17, 15) is 4.79 Å². The van der Waals surface area contributed by atoms with Crippen molar-refractivity contribution in [2.45, 2.75) is 45.8 Å².